The molecule has 0 atom stereocenters. The van der Waals surface area contributed by atoms with E-state index >= 15 is 0 Å². The van der Waals surface area contributed by atoms with Crippen LogP contribution in [0.25, 0.3) is 0 Å². The molecule has 2 N–H and O–H groups in total. The number of phenolic OH excluding ortho intramolecular Hbond substituents is 2. The van der Waals surface area contributed by atoms with E-state index in [4.69, 9.17) is 9.47 Å². The highest BCUT2D eigenvalue weighted by atomic mass is 16.7. The van der Waals surface area contributed by atoms with E-state index in [1.165, 1.54) is 31.7 Å². The third-order valence-electron chi connectivity index (χ3n) is 4.36. The second kappa shape index (κ2) is 12.2. The zero-order chi connectivity index (χ0) is 18.5. The van der Waals surface area contributed by atoms with Crippen molar-refractivity contribution >= 4 is 0 Å². The average molecular weight is 353 g/mol. The van der Waals surface area contributed by atoms with Gasteiger partial charge in [-0.15, -0.1) is 0 Å². The molecule has 4 heteroatoms. The molecule has 1 rings (SSSR count). The molecular weight excluding hydrogens is 316 g/mol. The first kappa shape index (κ1) is 21.8. The van der Waals surface area contributed by atoms with Crippen molar-refractivity contribution in [1.82, 2.24) is 0 Å². The van der Waals surface area contributed by atoms with Gasteiger partial charge in [-0.05, 0) is 31.4 Å². The van der Waals surface area contributed by atoms with Gasteiger partial charge in [-0.3, -0.25) is 0 Å². The fraction of sp³-hybridized carbons (Fsp3) is 0.714. The highest BCUT2D eigenvalue weighted by Crippen LogP contribution is 2.42. The van der Waals surface area contributed by atoms with Crippen LogP contribution in [0, 0.1) is 0 Å². The Balaban J connectivity index is 2.94. The summed E-state index contributed by atoms with van der Waals surface area (Å²) in [6.07, 6.45) is 9.47. The molecule has 1 aromatic carbocycles. The van der Waals surface area contributed by atoms with Gasteiger partial charge < -0.3 is 19.7 Å². The summed E-state index contributed by atoms with van der Waals surface area (Å²) in [5.41, 5.74) is 0.531. The minimum atomic E-state index is -0.987. The van der Waals surface area contributed by atoms with Gasteiger partial charge in [0.15, 0.2) is 17.3 Å². The molecule has 0 unspecified atom stereocenters. The van der Waals surface area contributed by atoms with Crippen molar-refractivity contribution in [3.8, 4) is 11.5 Å². The number of ether oxygens (including phenoxy) is 2. The molecule has 0 heterocycles. The molecule has 0 aromatic heterocycles. The smallest absolute Gasteiger partial charge is 0.198 e. The minimum Gasteiger partial charge on any atom is -0.504 e. The van der Waals surface area contributed by atoms with Gasteiger partial charge in [-0.25, -0.2) is 0 Å². The van der Waals surface area contributed by atoms with Gasteiger partial charge in [0.1, 0.15) is 0 Å². The lowest BCUT2D eigenvalue weighted by Gasteiger charge is -2.35. The maximum absolute atomic E-state index is 10.4. The average Bonchev–Trinajstić information content (AvgIpc) is 2.62. The standard InChI is InChI=1S/C21H36O4/c1-4-7-8-9-10-11-15-21(24-16-5-2,25-17-6-3)18-13-12-14-19(22)20(18)23/h12-14,22-23H,4-11,15-17H2,1-3H3. The Kier molecular flexibility index (Phi) is 10.6. The lowest BCUT2D eigenvalue weighted by molar-refractivity contribution is -0.252. The lowest BCUT2D eigenvalue weighted by atomic mass is 9.96. The summed E-state index contributed by atoms with van der Waals surface area (Å²) in [6.45, 7) is 7.42. The first-order chi connectivity index (χ1) is 12.1. The molecule has 144 valence electrons. The number of unbranched alkanes of at least 4 members (excludes halogenated alkanes) is 5. The summed E-state index contributed by atoms with van der Waals surface area (Å²) in [7, 11) is 0. The first-order valence-corrected chi connectivity index (χ1v) is 9.90. The predicted octanol–water partition coefficient (Wildman–Crippen LogP) is 5.85. The molecule has 25 heavy (non-hydrogen) atoms. The molecule has 0 aliphatic carbocycles. The van der Waals surface area contributed by atoms with Crippen LogP contribution in [0.3, 0.4) is 0 Å². The van der Waals surface area contributed by atoms with Gasteiger partial charge >= 0.3 is 0 Å². The summed E-state index contributed by atoms with van der Waals surface area (Å²) in [6, 6.07) is 5.00. The molecule has 0 aliphatic rings. The second-order valence-electron chi connectivity index (χ2n) is 6.64. The van der Waals surface area contributed by atoms with Crippen LogP contribution < -0.4 is 0 Å². The minimum absolute atomic E-state index is 0.134. The van der Waals surface area contributed by atoms with Crippen LogP contribution in [-0.4, -0.2) is 23.4 Å². The zero-order valence-corrected chi connectivity index (χ0v) is 16.2. The monoisotopic (exact) mass is 352 g/mol. The van der Waals surface area contributed by atoms with Crippen LogP contribution in [0.4, 0.5) is 0 Å². The third-order valence-corrected chi connectivity index (χ3v) is 4.36. The van der Waals surface area contributed by atoms with E-state index in [-0.39, 0.29) is 11.5 Å². The highest BCUT2D eigenvalue weighted by Gasteiger charge is 2.37. The fourth-order valence-electron chi connectivity index (χ4n) is 2.99. The number of phenols is 2. The Labute approximate surface area is 153 Å². The van der Waals surface area contributed by atoms with E-state index < -0.39 is 5.79 Å². The fourth-order valence-corrected chi connectivity index (χ4v) is 2.99. The van der Waals surface area contributed by atoms with Gasteiger partial charge in [0.2, 0.25) is 0 Å². The SMILES string of the molecule is CCCCCCCCC(OCCC)(OCCC)c1cccc(O)c1O. The maximum Gasteiger partial charge on any atom is 0.198 e. The largest absolute Gasteiger partial charge is 0.504 e. The number of rotatable bonds is 14. The Bertz CT molecular complexity index is 465. The van der Waals surface area contributed by atoms with Crippen LogP contribution in [0.1, 0.15) is 84.1 Å². The third kappa shape index (κ3) is 6.87. The van der Waals surface area contributed by atoms with Crippen LogP contribution in [0.5, 0.6) is 11.5 Å². The highest BCUT2D eigenvalue weighted by molar-refractivity contribution is 5.46. The second-order valence-corrected chi connectivity index (χ2v) is 6.64. The Morgan fingerprint density at radius 3 is 2.00 bits per heavy atom. The van der Waals surface area contributed by atoms with Gasteiger partial charge in [-0.2, -0.15) is 0 Å². The molecule has 4 nitrogen and oxygen atoms in total. The van der Waals surface area contributed by atoms with Crippen molar-refractivity contribution < 1.29 is 19.7 Å². The number of benzene rings is 1. The Morgan fingerprint density at radius 2 is 1.40 bits per heavy atom. The Morgan fingerprint density at radius 1 is 0.800 bits per heavy atom. The van der Waals surface area contributed by atoms with Crippen molar-refractivity contribution in [3.63, 3.8) is 0 Å². The van der Waals surface area contributed by atoms with Gasteiger partial charge in [0, 0.05) is 6.42 Å². The van der Waals surface area contributed by atoms with Crippen LogP contribution in [0.15, 0.2) is 18.2 Å². The zero-order valence-electron chi connectivity index (χ0n) is 16.2. The molecule has 0 aliphatic heterocycles. The molecule has 0 spiro atoms. The molecule has 0 saturated heterocycles. The van der Waals surface area contributed by atoms with Crippen LogP contribution in [0.2, 0.25) is 0 Å². The van der Waals surface area contributed by atoms with E-state index in [1.54, 1.807) is 12.1 Å². The summed E-state index contributed by atoms with van der Waals surface area (Å²) in [5.74, 6) is -1.26. The summed E-state index contributed by atoms with van der Waals surface area (Å²) in [4.78, 5) is 0. The number of aromatic hydroxyl groups is 2. The molecule has 1 aromatic rings. The maximum atomic E-state index is 10.4. The van der Waals surface area contributed by atoms with Gasteiger partial charge in [0.25, 0.3) is 0 Å². The summed E-state index contributed by atoms with van der Waals surface area (Å²) < 4.78 is 12.3. The van der Waals surface area contributed by atoms with Crippen molar-refractivity contribution in [2.45, 2.75) is 84.3 Å². The normalized spacial score (nSPS) is 11.8. The topological polar surface area (TPSA) is 58.9 Å². The van der Waals surface area contributed by atoms with Crippen LogP contribution in [-0.2, 0) is 15.3 Å². The van der Waals surface area contributed by atoms with E-state index in [2.05, 4.69) is 20.8 Å². The molecule has 0 radical (unpaired) electrons. The summed E-state index contributed by atoms with van der Waals surface area (Å²) >= 11 is 0. The van der Waals surface area contributed by atoms with E-state index in [0.717, 1.165) is 25.7 Å². The van der Waals surface area contributed by atoms with E-state index in [1.807, 2.05) is 0 Å². The molecule has 0 bridgehead atoms. The quantitative estimate of drug-likeness (QED) is 0.250. The van der Waals surface area contributed by atoms with Gasteiger partial charge in [0.05, 0.1) is 18.8 Å². The Hall–Kier alpha value is -1.26. The predicted molar refractivity (Wildman–Crippen MR) is 102 cm³/mol. The number of hydrogen-bond acceptors (Lipinski definition) is 4. The first-order valence-electron chi connectivity index (χ1n) is 9.90. The van der Waals surface area contributed by atoms with Crippen molar-refractivity contribution in [3.05, 3.63) is 23.8 Å². The van der Waals surface area contributed by atoms with Crippen LogP contribution >= 0.6 is 0 Å². The van der Waals surface area contributed by atoms with Crippen molar-refractivity contribution in [2.24, 2.45) is 0 Å². The number of para-hydroxylation sites is 1. The van der Waals surface area contributed by atoms with Crippen molar-refractivity contribution in [2.75, 3.05) is 13.2 Å². The van der Waals surface area contributed by atoms with E-state index in [0.29, 0.717) is 25.2 Å². The molecule has 0 saturated carbocycles. The van der Waals surface area contributed by atoms with Crippen molar-refractivity contribution in [1.29, 1.82) is 0 Å². The number of hydrogen-bond donors (Lipinski definition) is 2. The molecular formula is C21H36O4. The lowest BCUT2D eigenvalue weighted by Crippen LogP contribution is -2.34. The molecule has 0 amide bonds. The molecule has 0 fully saturated rings. The van der Waals surface area contributed by atoms with Gasteiger partial charge in [-0.1, -0.05) is 58.9 Å². The van der Waals surface area contributed by atoms with E-state index in [9.17, 15) is 10.2 Å². The summed E-state index contributed by atoms with van der Waals surface area (Å²) in [5, 5.41) is 20.3.